The molecule has 1 heterocycles. The van der Waals surface area contributed by atoms with Gasteiger partial charge < -0.3 is 20.8 Å². The topological polar surface area (TPSA) is 144 Å². The second-order valence-corrected chi connectivity index (χ2v) is 7.18. The van der Waals surface area contributed by atoms with Gasteiger partial charge in [-0.1, -0.05) is 6.07 Å². The number of sulfonamides is 1. The summed E-state index contributed by atoms with van der Waals surface area (Å²) in [5.41, 5.74) is 5.88. The Balaban J connectivity index is 2.02. The molecule has 0 aliphatic rings. The smallest absolute Gasteiger partial charge is 0.255 e. The Hall–Kier alpha value is -2.69. The minimum atomic E-state index is -3.71. The Morgan fingerprint density at radius 2 is 2.04 bits per heavy atom. The first kappa shape index (κ1) is 19.6. The third-order valence-corrected chi connectivity index (χ3v) is 4.83. The number of hydrogen-bond acceptors (Lipinski definition) is 6. The Kier molecular flexibility index (Phi) is 6.50. The second-order valence-electron chi connectivity index (χ2n) is 5.41. The Morgan fingerprint density at radius 3 is 2.69 bits per heavy atom. The van der Waals surface area contributed by atoms with Crippen LogP contribution in [0.15, 0.2) is 52.2 Å². The van der Waals surface area contributed by atoms with Gasteiger partial charge in [-0.05, 0) is 31.2 Å². The number of amides is 2. The second kappa shape index (κ2) is 8.61. The van der Waals surface area contributed by atoms with Crippen molar-refractivity contribution >= 4 is 27.5 Å². The van der Waals surface area contributed by atoms with Crippen LogP contribution in [0.4, 0.5) is 5.69 Å². The van der Waals surface area contributed by atoms with E-state index >= 15 is 0 Å². The number of carbonyl (C=O) groups is 2. The van der Waals surface area contributed by atoms with Crippen molar-refractivity contribution in [2.24, 2.45) is 5.73 Å². The molecule has 0 aliphatic heterocycles. The molecule has 1 aromatic heterocycles. The third-order valence-electron chi connectivity index (χ3n) is 3.37. The minimum Gasteiger partial charge on any atom is -0.472 e. The first-order valence-electron chi connectivity index (χ1n) is 7.77. The van der Waals surface area contributed by atoms with Gasteiger partial charge in [0.25, 0.3) is 5.91 Å². The molecule has 140 valence electrons. The maximum Gasteiger partial charge on any atom is 0.255 e. The summed E-state index contributed by atoms with van der Waals surface area (Å²) in [4.78, 5) is 24.1. The number of hydrogen-bond donors (Lipinski definition) is 4. The zero-order valence-electron chi connectivity index (χ0n) is 14.1. The highest BCUT2D eigenvalue weighted by atomic mass is 32.2. The zero-order valence-corrected chi connectivity index (χ0v) is 14.9. The molecule has 1 atom stereocenters. The van der Waals surface area contributed by atoms with Gasteiger partial charge in [0.05, 0.1) is 16.7 Å². The third kappa shape index (κ3) is 5.15. The molecule has 0 spiro atoms. The van der Waals surface area contributed by atoms with Gasteiger partial charge in [0.2, 0.25) is 15.9 Å². The highest BCUT2D eigenvalue weighted by Crippen LogP contribution is 2.15. The summed E-state index contributed by atoms with van der Waals surface area (Å²) in [5.74, 6) is -0.949. The van der Waals surface area contributed by atoms with Gasteiger partial charge in [-0.2, -0.15) is 0 Å². The molecule has 5 N–H and O–H groups in total. The standard InChI is InChI=1S/C16H20N4O5S/c1-11(19-16(22)12-5-8-25-10-12)15(21)20-13-3-2-4-14(9-13)26(23,24)18-7-6-17/h2-5,8-11,18H,6-7,17H2,1H3,(H,19,22)(H,20,21). The summed E-state index contributed by atoms with van der Waals surface area (Å²) in [5, 5.41) is 5.09. The molecule has 9 nitrogen and oxygen atoms in total. The fourth-order valence-corrected chi connectivity index (χ4v) is 3.10. The SMILES string of the molecule is CC(NC(=O)c1ccoc1)C(=O)Nc1cccc(S(=O)(=O)NCCN)c1. The predicted octanol–water partition coefficient (Wildman–Crippen LogP) is 0.274. The number of nitrogens with one attached hydrogen (secondary N) is 3. The molecule has 2 aromatic rings. The van der Waals surface area contributed by atoms with E-state index in [-0.39, 0.29) is 23.7 Å². The minimum absolute atomic E-state index is 0.00108. The predicted molar refractivity (Wildman–Crippen MR) is 95.0 cm³/mol. The van der Waals surface area contributed by atoms with E-state index in [1.165, 1.54) is 43.7 Å². The highest BCUT2D eigenvalue weighted by Gasteiger charge is 2.19. The van der Waals surface area contributed by atoms with Gasteiger partial charge in [-0.15, -0.1) is 0 Å². The number of rotatable bonds is 8. The summed E-state index contributed by atoms with van der Waals surface area (Å²) in [6.07, 6.45) is 2.62. The van der Waals surface area contributed by atoms with Crippen molar-refractivity contribution in [3.63, 3.8) is 0 Å². The Bertz CT molecular complexity index is 865. The first-order chi connectivity index (χ1) is 12.3. The summed E-state index contributed by atoms with van der Waals surface area (Å²) in [6.45, 7) is 1.79. The van der Waals surface area contributed by atoms with Gasteiger partial charge in [0, 0.05) is 18.8 Å². The van der Waals surface area contributed by atoms with Gasteiger partial charge in [0.1, 0.15) is 12.3 Å². The lowest BCUT2D eigenvalue weighted by Gasteiger charge is -2.14. The van der Waals surface area contributed by atoms with E-state index in [1.54, 1.807) is 6.07 Å². The molecule has 0 bridgehead atoms. The van der Waals surface area contributed by atoms with Crippen LogP contribution in [-0.2, 0) is 14.8 Å². The van der Waals surface area contributed by atoms with Crippen molar-refractivity contribution in [2.45, 2.75) is 17.9 Å². The van der Waals surface area contributed by atoms with Gasteiger partial charge in [0.15, 0.2) is 0 Å². The van der Waals surface area contributed by atoms with Gasteiger partial charge in [-0.25, -0.2) is 13.1 Å². The maximum atomic E-state index is 12.2. The number of furan rings is 1. The van der Waals surface area contributed by atoms with Gasteiger partial charge in [-0.3, -0.25) is 9.59 Å². The molecular weight excluding hydrogens is 360 g/mol. The van der Waals surface area contributed by atoms with Crippen molar-refractivity contribution in [1.82, 2.24) is 10.0 Å². The number of benzene rings is 1. The van der Waals surface area contributed by atoms with Crippen LogP contribution in [0.25, 0.3) is 0 Å². The Labute approximate surface area is 151 Å². The van der Waals surface area contributed by atoms with Crippen molar-refractivity contribution in [2.75, 3.05) is 18.4 Å². The number of carbonyl (C=O) groups excluding carboxylic acids is 2. The van der Waals surface area contributed by atoms with E-state index in [1.807, 2.05) is 0 Å². The van der Waals surface area contributed by atoms with Crippen LogP contribution < -0.4 is 21.1 Å². The molecule has 1 unspecified atom stereocenters. The van der Waals surface area contributed by atoms with Crippen molar-refractivity contribution in [3.05, 3.63) is 48.4 Å². The molecule has 10 heteroatoms. The molecule has 0 saturated carbocycles. The molecule has 0 fully saturated rings. The Morgan fingerprint density at radius 1 is 1.27 bits per heavy atom. The van der Waals surface area contributed by atoms with Crippen LogP contribution in [-0.4, -0.2) is 39.4 Å². The normalized spacial score (nSPS) is 12.4. The number of anilines is 1. The average molecular weight is 380 g/mol. The molecule has 2 rings (SSSR count). The lowest BCUT2D eigenvalue weighted by atomic mass is 10.2. The zero-order chi connectivity index (χ0) is 19.2. The lowest BCUT2D eigenvalue weighted by molar-refractivity contribution is -0.117. The molecule has 0 saturated heterocycles. The van der Waals surface area contributed by atoms with Crippen LogP contribution in [0.2, 0.25) is 0 Å². The van der Waals surface area contributed by atoms with E-state index in [2.05, 4.69) is 15.4 Å². The van der Waals surface area contributed by atoms with E-state index in [9.17, 15) is 18.0 Å². The summed E-state index contributed by atoms with van der Waals surface area (Å²) < 4.78 is 31.3. The largest absolute Gasteiger partial charge is 0.472 e. The molecule has 0 radical (unpaired) electrons. The van der Waals surface area contributed by atoms with Gasteiger partial charge >= 0.3 is 0 Å². The average Bonchev–Trinajstić information content (AvgIpc) is 3.15. The fraction of sp³-hybridized carbons (Fsp3) is 0.250. The monoisotopic (exact) mass is 380 g/mol. The quantitative estimate of drug-likeness (QED) is 0.518. The molecule has 0 aliphatic carbocycles. The summed E-state index contributed by atoms with van der Waals surface area (Å²) >= 11 is 0. The lowest BCUT2D eigenvalue weighted by Crippen LogP contribution is -2.41. The van der Waals surface area contributed by atoms with Crippen molar-refractivity contribution in [1.29, 1.82) is 0 Å². The van der Waals surface area contributed by atoms with Crippen molar-refractivity contribution < 1.29 is 22.4 Å². The van der Waals surface area contributed by atoms with Crippen LogP contribution in [0.5, 0.6) is 0 Å². The molecule has 26 heavy (non-hydrogen) atoms. The highest BCUT2D eigenvalue weighted by molar-refractivity contribution is 7.89. The van der Waals surface area contributed by atoms with E-state index in [0.717, 1.165) is 0 Å². The van der Waals surface area contributed by atoms with E-state index < -0.39 is 27.9 Å². The van der Waals surface area contributed by atoms with Crippen LogP contribution in [0, 0.1) is 0 Å². The molecule has 2 amide bonds. The number of nitrogens with two attached hydrogens (primary N) is 1. The van der Waals surface area contributed by atoms with Crippen LogP contribution in [0.1, 0.15) is 17.3 Å². The van der Waals surface area contributed by atoms with E-state index in [4.69, 9.17) is 10.2 Å². The molecule has 1 aromatic carbocycles. The van der Waals surface area contributed by atoms with E-state index in [0.29, 0.717) is 5.56 Å². The fourth-order valence-electron chi connectivity index (χ4n) is 2.01. The maximum absolute atomic E-state index is 12.2. The first-order valence-corrected chi connectivity index (χ1v) is 9.25. The molecular formula is C16H20N4O5S. The van der Waals surface area contributed by atoms with Crippen molar-refractivity contribution in [3.8, 4) is 0 Å². The van der Waals surface area contributed by atoms with Crippen LogP contribution >= 0.6 is 0 Å². The van der Waals surface area contributed by atoms with Crippen LogP contribution in [0.3, 0.4) is 0 Å². The summed E-state index contributed by atoms with van der Waals surface area (Å²) in [6, 6.07) is 6.40. The summed E-state index contributed by atoms with van der Waals surface area (Å²) in [7, 11) is -3.71.